The van der Waals surface area contributed by atoms with E-state index < -0.39 is 0 Å². The van der Waals surface area contributed by atoms with E-state index >= 15 is 0 Å². The van der Waals surface area contributed by atoms with Crippen molar-refractivity contribution in [3.63, 3.8) is 0 Å². The highest BCUT2D eigenvalue weighted by atomic mass is 15.3. The molecule has 102 valence electrons. The fourth-order valence-electron chi connectivity index (χ4n) is 2.61. The first-order chi connectivity index (χ1) is 8.47. The second-order valence-corrected chi connectivity index (χ2v) is 6.69. The van der Waals surface area contributed by atoms with Crippen molar-refractivity contribution in [3.05, 3.63) is 17.5 Å². The Bertz CT molecular complexity index is 383. The minimum Gasteiger partial charge on any atom is -0.313 e. The van der Waals surface area contributed by atoms with Gasteiger partial charge in [-0.1, -0.05) is 40.0 Å². The first-order valence-electron chi connectivity index (χ1n) is 7.20. The lowest BCUT2D eigenvalue weighted by Crippen LogP contribution is -2.23. The zero-order valence-corrected chi connectivity index (χ0v) is 12.3. The molecule has 0 saturated heterocycles. The summed E-state index contributed by atoms with van der Waals surface area (Å²) in [7, 11) is 2.01. The SMILES string of the molecule is Cn1cc(CNCCC2CCC2)c(C(C)(C)C)n1. The average molecular weight is 249 g/mol. The molecule has 1 aliphatic carbocycles. The summed E-state index contributed by atoms with van der Waals surface area (Å²) in [5.41, 5.74) is 2.70. The van der Waals surface area contributed by atoms with Crippen molar-refractivity contribution in [3.8, 4) is 0 Å². The second kappa shape index (κ2) is 5.43. The van der Waals surface area contributed by atoms with E-state index in [2.05, 4.69) is 37.4 Å². The number of rotatable bonds is 5. The van der Waals surface area contributed by atoms with Gasteiger partial charge in [0.2, 0.25) is 0 Å². The van der Waals surface area contributed by atoms with E-state index in [4.69, 9.17) is 0 Å². The molecule has 0 amide bonds. The molecular weight excluding hydrogens is 222 g/mol. The summed E-state index contributed by atoms with van der Waals surface area (Å²) >= 11 is 0. The molecule has 0 bridgehead atoms. The van der Waals surface area contributed by atoms with Gasteiger partial charge in [0.05, 0.1) is 5.69 Å². The molecule has 1 N–H and O–H groups in total. The third-order valence-electron chi connectivity index (χ3n) is 3.88. The van der Waals surface area contributed by atoms with Crippen LogP contribution in [0.5, 0.6) is 0 Å². The van der Waals surface area contributed by atoms with Crippen LogP contribution in [0.1, 0.15) is 57.7 Å². The van der Waals surface area contributed by atoms with Crippen molar-refractivity contribution in [1.29, 1.82) is 0 Å². The molecule has 18 heavy (non-hydrogen) atoms. The lowest BCUT2D eigenvalue weighted by Gasteiger charge is -2.25. The van der Waals surface area contributed by atoms with E-state index in [-0.39, 0.29) is 5.41 Å². The van der Waals surface area contributed by atoms with E-state index in [1.165, 1.54) is 36.9 Å². The van der Waals surface area contributed by atoms with E-state index in [1.807, 2.05) is 11.7 Å². The lowest BCUT2D eigenvalue weighted by atomic mass is 9.83. The molecule has 0 atom stereocenters. The van der Waals surface area contributed by atoms with Gasteiger partial charge in [0.15, 0.2) is 0 Å². The Morgan fingerprint density at radius 3 is 2.67 bits per heavy atom. The minimum atomic E-state index is 0.131. The highest BCUT2D eigenvalue weighted by Gasteiger charge is 2.21. The number of nitrogens with one attached hydrogen (secondary N) is 1. The molecular formula is C15H27N3. The Morgan fingerprint density at radius 2 is 2.11 bits per heavy atom. The quantitative estimate of drug-likeness (QED) is 0.813. The smallest absolute Gasteiger partial charge is 0.0722 e. The summed E-state index contributed by atoms with van der Waals surface area (Å²) < 4.78 is 1.93. The van der Waals surface area contributed by atoms with E-state index in [9.17, 15) is 0 Å². The highest BCUT2D eigenvalue weighted by molar-refractivity contribution is 5.23. The topological polar surface area (TPSA) is 29.9 Å². The van der Waals surface area contributed by atoms with E-state index in [1.54, 1.807) is 0 Å². The molecule has 0 spiro atoms. The van der Waals surface area contributed by atoms with Crippen LogP contribution in [-0.2, 0) is 19.0 Å². The molecule has 1 aliphatic rings. The molecule has 0 radical (unpaired) electrons. The number of aryl methyl sites for hydroxylation is 1. The summed E-state index contributed by atoms with van der Waals surface area (Å²) in [6.07, 6.45) is 7.83. The van der Waals surface area contributed by atoms with Gasteiger partial charge in [-0.25, -0.2) is 0 Å². The van der Waals surface area contributed by atoms with Crippen LogP contribution in [-0.4, -0.2) is 16.3 Å². The van der Waals surface area contributed by atoms with Gasteiger partial charge in [0, 0.05) is 30.8 Å². The monoisotopic (exact) mass is 249 g/mol. The fourth-order valence-corrected chi connectivity index (χ4v) is 2.61. The number of nitrogens with zero attached hydrogens (tertiary/aromatic N) is 2. The Morgan fingerprint density at radius 1 is 1.39 bits per heavy atom. The van der Waals surface area contributed by atoms with Gasteiger partial charge < -0.3 is 5.32 Å². The molecule has 3 nitrogen and oxygen atoms in total. The molecule has 0 aromatic carbocycles. The van der Waals surface area contributed by atoms with Crippen molar-refractivity contribution < 1.29 is 0 Å². The van der Waals surface area contributed by atoms with Crippen molar-refractivity contribution in [2.75, 3.05) is 6.54 Å². The maximum Gasteiger partial charge on any atom is 0.0722 e. The summed E-state index contributed by atoms with van der Waals surface area (Å²) in [6.45, 7) is 8.78. The number of aromatic nitrogens is 2. The van der Waals surface area contributed by atoms with Crippen LogP contribution in [0.2, 0.25) is 0 Å². The largest absolute Gasteiger partial charge is 0.313 e. The van der Waals surface area contributed by atoms with Gasteiger partial charge >= 0.3 is 0 Å². The Labute approximate surface area is 111 Å². The summed E-state index contributed by atoms with van der Waals surface area (Å²) in [5, 5.41) is 8.17. The summed E-state index contributed by atoms with van der Waals surface area (Å²) in [5.74, 6) is 0.994. The van der Waals surface area contributed by atoms with Crippen LogP contribution in [0, 0.1) is 5.92 Å². The Hall–Kier alpha value is -0.830. The maximum absolute atomic E-state index is 4.60. The van der Waals surface area contributed by atoms with Gasteiger partial charge in [-0.2, -0.15) is 5.10 Å². The van der Waals surface area contributed by atoms with Crippen molar-refractivity contribution in [1.82, 2.24) is 15.1 Å². The predicted octanol–water partition coefficient (Wildman–Crippen LogP) is 3.00. The molecule has 1 aromatic rings. The molecule has 1 heterocycles. The molecule has 1 saturated carbocycles. The van der Waals surface area contributed by atoms with Gasteiger partial charge in [0.1, 0.15) is 0 Å². The minimum absolute atomic E-state index is 0.131. The lowest BCUT2D eigenvalue weighted by molar-refractivity contribution is 0.292. The molecule has 3 heteroatoms. The Balaban J connectivity index is 1.84. The van der Waals surface area contributed by atoms with Crippen LogP contribution in [0.4, 0.5) is 0 Å². The van der Waals surface area contributed by atoms with Crippen molar-refractivity contribution >= 4 is 0 Å². The van der Waals surface area contributed by atoms with Gasteiger partial charge in [-0.3, -0.25) is 4.68 Å². The van der Waals surface area contributed by atoms with Gasteiger partial charge in [0.25, 0.3) is 0 Å². The van der Waals surface area contributed by atoms with E-state index in [0.717, 1.165) is 19.0 Å². The van der Waals surface area contributed by atoms with Crippen LogP contribution < -0.4 is 5.32 Å². The average Bonchev–Trinajstić information content (AvgIpc) is 2.56. The molecule has 1 aromatic heterocycles. The standard InChI is InChI=1S/C15H27N3/c1-15(2,3)14-13(11-18(4)17-14)10-16-9-8-12-6-5-7-12/h11-12,16H,5-10H2,1-4H3. The zero-order valence-electron chi connectivity index (χ0n) is 12.3. The second-order valence-electron chi connectivity index (χ2n) is 6.69. The number of hydrogen-bond donors (Lipinski definition) is 1. The van der Waals surface area contributed by atoms with Gasteiger partial charge in [-0.15, -0.1) is 0 Å². The van der Waals surface area contributed by atoms with Crippen LogP contribution >= 0.6 is 0 Å². The fraction of sp³-hybridized carbons (Fsp3) is 0.800. The van der Waals surface area contributed by atoms with Crippen LogP contribution in [0.15, 0.2) is 6.20 Å². The Kier molecular flexibility index (Phi) is 4.10. The zero-order chi connectivity index (χ0) is 13.2. The first kappa shape index (κ1) is 13.6. The molecule has 0 unspecified atom stereocenters. The third-order valence-corrected chi connectivity index (χ3v) is 3.88. The number of hydrogen-bond acceptors (Lipinski definition) is 2. The predicted molar refractivity (Wildman–Crippen MR) is 75.6 cm³/mol. The van der Waals surface area contributed by atoms with Crippen molar-refractivity contribution in [2.45, 2.75) is 58.4 Å². The first-order valence-corrected chi connectivity index (χ1v) is 7.20. The third kappa shape index (κ3) is 3.35. The maximum atomic E-state index is 4.60. The highest BCUT2D eigenvalue weighted by Crippen LogP contribution is 2.29. The molecule has 1 fully saturated rings. The van der Waals surface area contributed by atoms with Crippen molar-refractivity contribution in [2.24, 2.45) is 13.0 Å². The normalized spacial score (nSPS) is 16.9. The molecule has 0 aliphatic heterocycles. The molecule has 2 rings (SSSR count). The van der Waals surface area contributed by atoms with Gasteiger partial charge in [-0.05, 0) is 18.9 Å². The van der Waals surface area contributed by atoms with E-state index in [0.29, 0.717) is 0 Å². The van der Waals surface area contributed by atoms with Crippen LogP contribution in [0.3, 0.4) is 0 Å². The summed E-state index contributed by atoms with van der Waals surface area (Å²) in [4.78, 5) is 0. The summed E-state index contributed by atoms with van der Waals surface area (Å²) in [6, 6.07) is 0. The van der Waals surface area contributed by atoms with Crippen LogP contribution in [0.25, 0.3) is 0 Å².